The van der Waals surface area contributed by atoms with Gasteiger partial charge in [-0.1, -0.05) is 48.9 Å². The normalized spacial score (nSPS) is 11.8. The summed E-state index contributed by atoms with van der Waals surface area (Å²) < 4.78 is 5.51. The summed E-state index contributed by atoms with van der Waals surface area (Å²) in [4.78, 5) is 0. The molecule has 20 heavy (non-hydrogen) atoms. The van der Waals surface area contributed by atoms with E-state index in [9.17, 15) is 0 Å². The number of fused-ring (bicyclic) bond motifs is 1. The molecule has 0 saturated carbocycles. The molecule has 0 radical (unpaired) electrons. The van der Waals surface area contributed by atoms with E-state index < -0.39 is 0 Å². The van der Waals surface area contributed by atoms with Crippen LogP contribution < -0.4 is 10.1 Å². The predicted molar refractivity (Wildman–Crippen MR) is 87.3 cm³/mol. The Morgan fingerprint density at radius 3 is 2.75 bits per heavy atom. The fourth-order valence-corrected chi connectivity index (χ4v) is 2.36. The number of benzene rings is 2. The number of hydrogen-bond donors (Lipinski definition) is 1. The van der Waals surface area contributed by atoms with Gasteiger partial charge in [0.05, 0.1) is 7.11 Å². The van der Waals surface area contributed by atoms with Crippen molar-refractivity contribution in [2.24, 2.45) is 0 Å². The van der Waals surface area contributed by atoms with E-state index in [-0.39, 0.29) is 0 Å². The van der Waals surface area contributed by atoms with Crippen LogP contribution in [0.25, 0.3) is 16.8 Å². The Hall–Kier alpha value is -1.80. The third kappa shape index (κ3) is 3.40. The average molecular weight is 269 g/mol. The summed E-state index contributed by atoms with van der Waals surface area (Å²) >= 11 is 0. The van der Waals surface area contributed by atoms with Crippen LogP contribution in [0.3, 0.4) is 0 Å². The summed E-state index contributed by atoms with van der Waals surface area (Å²) in [5.74, 6) is 0.929. The molecule has 0 spiro atoms. The minimum absolute atomic E-state index is 0.917. The van der Waals surface area contributed by atoms with E-state index in [1.807, 2.05) is 6.07 Å². The minimum atomic E-state index is 0.917. The lowest BCUT2D eigenvalue weighted by Crippen LogP contribution is -2.16. The molecule has 0 aliphatic rings. The molecule has 0 amide bonds. The lowest BCUT2D eigenvalue weighted by molar-refractivity contribution is 0.414. The first kappa shape index (κ1) is 14.6. The van der Waals surface area contributed by atoms with Gasteiger partial charge in [-0.15, -0.1) is 0 Å². The van der Waals surface area contributed by atoms with Crippen LogP contribution in [-0.2, 0) is 0 Å². The highest BCUT2D eigenvalue weighted by Gasteiger charge is 2.06. The molecule has 0 atom stereocenters. The summed E-state index contributed by atoms with van der Waals surface area (Å²) in [5, 5.41) is 5.91. The van der Waals surface area contributed by atoms with E-state index in [4.69, 9.17) is 4.74 Å². The number of hydrogen-bond acceptors (Lipinski definition) is 2. The van der Waals surface area contributed by atoms with Gasteiger partial charge in [-0.3, -0.25) is 0 Å². The van der Waals surface area contributed by atoms with Crippen LogP contribution >= 0.6 is 0 Å². The zero-order chi connectivity index (χ0) is 14.4. The molecule has 2 aromatic carbocycles. The van der Waals surface area contributed by atoms with Crippen molar-refractivity contribution in [3.63, 3.8) is 0 Å². The Labute approximate surface area is 121 Å². The van der Waals surface area contributed by atoms with Crippen molar-refractivity contribution >= 4 is 16.8 Å². The molecule has 0 fully saturated rings. The van der Waals surface area contributed by atoms with Gasteiger partial charge in [-0.25, -0.2) is 0 Å². The summed E-state index contributed by atoms with van der Waals surface area (Å²) in [6.45, 7) is 6.31. The monoisotopic (exact) mass is 269 g/mol. The third-order valence-electron chi connectivity index (χ3n) is 3.37. The lowest BCUT2D eigenvalue weighted by Gasteiger charge is -2.10. The van der Waals surface area contributed by atoms with E-state index >= 15 is 0 Å². The predicted octanol–water partition coefficient (Wildman–Crippen LogP) is 4.25. The maximum Gasteiger partial charge on any atom is 0.126 e. The topological polar surface area (TPSA) is 21.3 Å². The fraction of sp³-hybridized carbons (Fsp3) is 0.333. The van der Waals surface area contributed by atoms with Crippen molar-refractivity contribution < 1.29 is 4.74 Å². The lowest BCUT2D eigenvalue weighted by atomic mass is 10.0. The van der Waals surface area contributed by atoms with E-state index in [0.717, 1.165) is 25.3 Å². The van der Waals surface area contributed by atoms with Crippen LogP contribution in [0.5, 0.6) is 5.75 Å². The molecule has 0 aliphatic carbocycles. The Morgan fingerprint density at radius 1 is 1.20 bits per heavy atom. The standard InChI is InChI=1S/C18H23NO/c1-4-11-19-13-14(2)12-17-16-8-6-5-7-15(16)9-10-18(17)20-3/h5-10,12,19H,4,11,13H2,1-3H3. The summed E-state index contributed by atoms with van der Waals surface area (Å²) in [6, 6.07) is 12.6. The molecule has 0 unspecified atom stereocenters. The van der Waals surface area contributed by atoms with Crippen LogP contribution in [0.1, 0.15) is 25.8 Å². The molecule has 0 saturated heterocycles. The third-order valence-corrected chi connectivity index (χ3v) is 3.37. The quantitative estimate of drug-likeness (QED) is 0.791. The van der Waals surface area contributed by atoms with Crippen molar-refractivity contribution in [1.29, 1.82) is 0 Å². The minimum Gasteiger partial charge on any atom is -0.496 e. The summed E-state index contributed by atoms with van der Waals surface area (Å²) in [5.41, 5.74) is 2.48. The maximum atomic E-state index is 5.51. The van der Waals surface area contributed by atoms with Gasteiger partial charge < -0.3 is 10.1 Å². The molecule has 0 heterocycles. The van der Waals surface area contributed by atoms with Crippen LogP contribution in [-0.4, -0.2) is 20.2 Å². The Kier molecular flexibility index (Phi) is 5.19. The zero-order valence-electron chi connectivity index (χ0n) is 12.6. The molecule has 2 rings (SSSR count). The summed E-state index contributed by atoms with van der Waals surface area (Å²) in [6.07, 6.45) is 3.38. The first-order valence-corrected chi connectivity index (χ1v) is 7.20. The highest BCUT2D eigenvalue weighted by molar-refractivity contribution is 5.93. The van der Waals surface area contributed by atoms with Gasteiger partial charge in [0.25, 0.3) is 0 Å². The second kappa shape index (κ2) is 7.11. The smallest absolute Gasteiger partial charge is 0.126 e. The fourth-order valence-electron chi connectivity index (χ4n) is 2.36. The number of ether oxygens (including phenoxy) is 1. The number of rotatable bonds is 6. The Morgan fingerprint density at radius 2 is 2.00 bits per heavy atom. The Balaban J connectivity index is 2.38. The van der Waals surface area contributed by atoms with E-state index in [2.05, 4.69) is 55.6 Å². The van der Waals surface area contributed by atoms with Gasteiger partial charge in [0, 0.05) is 12.1 Å². The average Bonchev–Trinajstić information content (AvgIpc) is 2.48. The maximum absolute atomic E-state index is 5.51. The first-order chi connectivity index (χ1) is 9.76. The van der Waals surface area contributed by atoms with Gasteiger partial charge >= 0.3 is 0 Å². The molecule has 0 aromatic heterocycles. The summed E-state index contributed by atoms with van der Waals surface area (Å²) in [7, 11) is 1.73. The van der Waals surface area contributed by atoms with Gasteiger partial charge in [-0.05, 0) is 36.7 Å². The molecular weight excluding hydrogens is 246 g/mol. The van der Waals surface area contributed by atoms with Crippen molar-refractivity contribution in [2.75, 3.05) is 20.2 Å². The zero-order valence-corrected chi connectivity index (χ0v) is 12.6. The highest BCUT2D eigenvalue weighted by Crippen LogP contribution is 2.29. The number of nitrogens with one attached hydrogen (secondary N) is 1. The molecule has 0 aliphatic heterocycles. The van der Waals surface area contributed by atoms with Gasteiger partial charge in [0.1, 0.15) is 5.75 Å². The Bertz CT molecular complexity index is 601. The van der Waals surface area contributed by atoms with Gasteiger partial charge in [0.15, 0.2) is 0 Å². The van der Waals surface area contributed by atoms with Crippen LogP contribution in [0.15, 0.2) is 42.0 Å². The van der Waals surface area contributed by atoms with Crippen LogP contribution in [0, 0.1) is 0 Å². The largest absolute Gasteiger partial charge is 0.496 e. The molecule has 1 N–H and O–H groups in total. The first-order valence-electron chi connectivity index (χ1n) is 7.20. The van der Waals surface area contributed by atoms with E-state index in [1.165, 1.54) is 21.9 Å². The van der Waals surface area contributed by atoms with Gasteiger partial charge in [-0.2, -0.15) is 0 Å². The molecule has 2 nitrogen and oxygen atoms in total. The number of methoxy groups -OCH3 is 1. The van der Waals surface area contributed by atoms with Crippen molar-refractivity contribution in [1.82, 2.24) is 5.32 Å². The highest BCUT2D eigenvalue weighted by atomic mass is 16.5. The molecular formula is C18H23NO. The van der Waals surface area contributed by atoms with E-state index in [0.29, 0.717) is 0 Å². The van der Waals surface area contributed by atoms with E-state index in [1.54, 1.807) is 7.11 Å². The van der Waals surface area contributed by atoms with Crippen LogP contribution in [0.4, 0.5) is 0 Å². The molecule has 106 valence electrons. The molecule has 2 aromatic rings. The second-order valence-corrected chi connectivity index (χ2v) is 5.07. The van der Waals surface area contributed by atoms with Crippen molar-refractivity contribution in [3.8, 4) is 5.75 Å². The SMILES string of the molecule is CCCNCC(C)=Cc1c(OC)ccc2ccccc12. The molecule has 0 bridgehead atoms. The van der Waals surface area contributed by atoms with Crippen molar-refractivity contribution in [2.45, 2.75) is 20.3 Å². The van der Waals surface area contributed by atoms with Crippen LogP contribution in [0.2, 0.25) is 0 Å². The second-order valence-electron chi connectivity index (χ2n) is 5.07. The van der Waals surface area contributed by atoms with Crippen molar-refractivity contribution in [3.05, 3.63) is 47.5 Å². The van der Waals surface area contributed by atoms with Gasteiger partial charge in [0.2, 0.25) is 0 Å². The molecule has 2 heteroatoms.